The summed E-state index contributed by atoms with van der Waals surface area (Å²) in [5, 5.41) is 4.24. The van der Waals surface area contributed by atoms with E-state index in [0.29, 0.717) is 0 Å². The van der Waals surface area contributed by atoms with Crippen molar-refractivity contribution in [1.82, 2.24) is 0 Å². The molecule has 3 heteroatoms. The summed E-state index contributed by atoms with van der Waals surface area (Å²) in [5.41, 5.74) is 1.14. The van der Waals surface area contributed by atoms with E-state index < -0.39 is 0 Å². The number of rotatable bonds is 7. The molecule has 0 fully saturated rings. The van der Waals surface area contributed by atoms with E-state index in [2.05, 4.69) is 35.1 Å². The van der Waals surface area contributed by atoms with Crippen LogP contribution in [0.3, 0.4) is 0 Å². The van der Waals surface area contributed by atoms with Gasteiger partial charge in [-0.1, -0.05) is 44.7 Å². The Balaban J connectivity index is 2.45. The summed E-state index contributed by atoms with van der Waals surface area (Å²) in [4.78, 5) is 0. The third kappa shape index (κ3) is 5.31. The van der Waals surface area contributed by atoms with E-state index in [1.54, 1.807) is 0 Å². The quantitative estimate of drug-likeness (QED) is 0.677. The fraction of sp³-hybridized carbons (Fsp3) is 0.571. The van der Waals surface area contributed by atoms with Gasteiger partial charge in [0.1, 0.15) is 0 Å². The van der Waals surface area contributed by atoms with Crippen molar-refractivity contribution in [3.8, 4) is 0 Å². The molecule has 0 heterocycles. The van der Waals surface area contributed by atoms with E-state index in [0.717, 1.165) is 27.6 Å². The predicted molar refractivity (Wildman–Crippen MR) is 80.9 cm³/mol. The normalized spacial score (nSPS) is 12.5. The molecule has 1 aromatic carbocycles. The van der Waals surface area contributed by atoms with Crippen molar-refractivity contribution in [3.05, 3.63) is 27.7 Å². The molecule has 17 heavy (non-hydrogen) atoms. The summed E-state index contributed by atoms with van der Waals surface area (Å²) in [6.07, 6.45) is 5.16. The molecule has 1 rings (SSSR count). The van der Waals surface area contributed by atoms with Crippen molar-refractivity contribution in [1.29, 1.82) is 0 Å². The summed E-state index contributed by atoms with van der Waals surface area (Å²) in [5.74, 6) is 0.768. The minimum atomic E-state index is 0.758. The molecule has 0 aliphatic carbocycles. The first-order valence-corrected chi connectivity index (χ1v) is 7.53. The maximum absolute atomic E-state index is 5.96. The van der Waals surface area contributed by atoms with Gasteiger partial charge >= 0.3 is 0 Å². The second kappa shape index (κ2) is 7.99. The SMILES string of the molecule is CCCCC(CC)CNc1ccc(Cl)c(Br)c1. The van der Waals surface area contributed by atoms with E-state index in [1.165, 1.54) is 25.7 Å². The number of hydrogen-bond acceptors (Lipinski definition) is 1. The van der Waals surface area contributed by atoms with Crippen LogP contribution in [0.5, 0.6) is 0 Å². The maximum Gasteiger partial charge on any atom is 0.0549 e. The van der Waals surface area contributed by atoms with Crippen molar-refractivity contribution in [2.45, 2.75) is 39.5 Å². The lowest BCUT2D eigenvalue weighted by atomic mass is 9.99. The fourth-order valence-electron chi connectivity index (χ4n) is 1.81. The van der Waals surface area contributed by atoms with Crippen LogP contribution in [0, 0.1) is 5.92 Å². The third-order valence-electron chi connectivity index (χ3n) is 3.06. The monoisotopic (exact) mass is 317 g/mol. The van der Waals surface area contributed by atoms with Gasteiger partial charge in [-0.2, -0.15) is 0 Å². The van der Waals surface area contributed by atoms with E-state index in [9.17, 15) is 0 Å². The number of benzene rings is 1. The van der Waals surface area contributed by atoms with Crippen LogP contribution in [0.1, 0.15) is 39.5 Å². The third-order valence-corrected chi connectivity index (χ3v) is 4.27. The lowest BCUT2D eigenvalue weighted by molar-refractivity contribution is 0.473. The Morgan fingerprint density at radius 1 is 1.35 bits per heavy atom. The second-order valence-corrected chi connectivity index (χ2v) is 5.69. The lowest BCUT2D eigenvalue weighted by Crippen LogP contribution is -2.13. The molecule has 1 nitrogen and oxygen atoms in total. The molecule has 0 amide bonds. The van der Waals surface area contributed by atoms with Gasteiger partial charge in [0.25, 0.3) is 0 Å². The largest absolute Gasteiger partial charge is 0.385 e. The zero-order chi connectivity index (χ0) is 12.7. The number of halogens is 2. The number of anilines is 1. The van der Waals surface area contributed by atoms with Gasteiger partial charge in [0.05, 0.1) is 5.02 Å². The van der Waals surface area contributed by atoms with Crippen LogP contribution in [0.4, 0.5) is 5.69 Å². The maximum atomic E-state index is 5.96. The van der Waals surface area contributed by atoms with Gasteiger partial charge in [0, 0.05) is 16.7 Å². The highest BCUT2D eigenvalue weighted by molar-refractivity contribution is 9.10. The molecule has 0 spiro atoms. The lowest BCUT2D eigenvalue weighted by Gasteiger charge is -2.16. The Morgan fingerprint density at radius 3 is 2.71 bits per heavy atom. The van der Waals surface area contributed by atoms with Gasteiger partial charge < -0.3 is 5.32 Å². The van der Waals surface area contributed by atoms with Crippen LogP contribution in [0.25, 0.3) is 0 Å². The van der Waals surface area contributed by atoms with Crippen LogP contribution in [0.15, 0.2) is 22.7 Å². The minimum absolute atomic E-state index is 0.758. The Bertz CT molecular complexity index is 341. The smallest absolute Gasteiger partial charge is 0.0549 e. The Kier molecular flexibility index (Phi) is 6.98. The van der Waals surface area contributed by atoms with Crippen LogP contribution in [0.2, 0.25) is 5.02 Å². The van der Waals surface area contributed by atoms with Gasteiger partial charge in [0.2, 0.25) is 0 Å². The van der Waals surface area contributed by atoms with Gasteiger partial charge in [-0.15, -0.1) is 0 Å². The highest BCUT2D eigenvalue weighted by Gasteiger charge is 2.06. The molecule has 0 radical (unpaired) electrons. The van der Waals surface area contributed by atoms with Crippen LogP contribution in [-0.2, 0) is 0 Å². The molecule has 96 valence electrons. The van der Waals surface area contributed by atoms with Crippen LogP contribution >= 0.6 is 27.5 Å². The molecule has 1 N–H and O–H groups in total. The van der Waals surface area contributed by atoms with Crippen molar-refractivity contribution >= 4 is 33.2 Å². The number of nitrogens with one attached hydrogen (secondary N) is 1. The molecule has 0 aliphatic rings. The standard InChI is InChI=1S/C14H21BrClN/c1-3-5-6-11(4-2)10-17-12-7-8-14(16)13(15)9-12/h7-9,11,17H,3-6,10H2,1-2H3. The topological polar surface area (TPSA) is 12.0 Å². The summed E-state index contributed by atoms with van der Waals surface area (Å²) >= 11 is 9.40. The molecule has 0 aliphatic heterocycles. The van der Waals surface area contributed by atoms with Gasteiger partial charge in [-0.3, -0.25) is 0 Å². The zero-order valence-electron chi connectivity index (χ0n) is 10.6. The first-order valence-electron chi connectivity index (χ1n) is 6.36. The molecule has 1 atom stereocenters. The van der Waals surface area contributed by atoms with Gasteiger partial charge in [0.15, 0.2) is 0 Å². The van der Waals surface area contributed by atoms with Crippen molar-refractivity contribution in [3.63, 3.8) is 0 Å². The average Bonchev–Trinajstić information content (AvgIpc) is 2.34. The Morgan fingerprint density at radius 2 is 2.12 bits per heavy atom. The molecule has 0 saturated heterocycles. The van der Waals surface area contributed by atoms with Crippen molar-refractivity contribution in [2.24, 2.45) is 5.92 Å². The van der Waals surface area contributed by atoms with E-state index >= 15 is 0 Å². The Hall–Kier alpha value is -0.210. The summed E-state index contributed by atoms with van der Waals surface area (Å²) in [7, 11) is 0. The highest BCUT2D eigenvalue weighted by Crippen LogP contribution is 2.26. The van der Waals surface area contributed by atoms with E-state index in [1.807, 2.05) is 18.2 Å². The minimum Gasteiger partial charge on any atom is -0.385 e. The van der Waals surface area contributed by atoms with Gasteiger partial charge in [-0.05, 0) is 46.5 Å². The molecule has 0 saturated carbocycles. The molecular weight excluding hydrogens is 298 g/mol. The van der Waals surface area contributed by atoms with Crippen molar-refractivity contribution < 1.29 is 0 Å². The predicted octanol–water partition coefficient (Wildman–Crippen LogP) is 5.73. The first-order chi connectivity index (χ1) is 8.17. The second-order valence-electron chi connectivity index (χ2n) is 4.43. The Labute approximate surface area is 118 Å². The molecule has 0 bridgehead atoms. The van der Waals surface area contributed by atoms with E-state index in [4.69, 9.17) is 11.6 Å². The van der Waals surface area contributed by atoms with Crippen LogP contribution in [-0.4, -0.2) is 6.54 Å². The summed E-state index contributed by atoms with van der Waals surface area (Å²) in [6, 6.07) is 5.98. The summed E-state index contributed by atoms with van der Waals surface area (Å²) in [6.45, 7) is 5.56. The van der Waals surface area contributed by atoms with Crippen molar-refractivity contribution in [2.75, 3.05) is 11.9 Å². The van der Waals surface area contributed by atoms with Crippen LogP contribution < -0.4 is 5.32 Å². The van der Waals surface area contributed by atoms with Gasteiger partial charge in [-0.25, -0.2) is 0 Å². The number of unbranched alkanes of at least 4 members (excludes halogenated alkanes) is 1. The first kappa shape index (κ1) is 14.8. The van der Waals surface area contributed by atoms with E-state index in [-0.39, 0.29) is 0 Å². The summed E-state index contributed by atoms with van der Waals surface area (Å²) < 4.78 is 0.950. The fourth-order valence-corrected chi connectivity index (χ4v) is 2.31. The molecule has 1 unspecified atom stereocenters. The average molecular weight is 319 g/mol. The molecule has 1 aromatic rings. The number of hydrogen-bond donors (Lipinski definition) is 1. The zero-order valence-corrected chi connectivity index (χ0v) is 12.9. The highest BCUT2D eigenvalue weighted by atomic mass is 79.9. The molecular formula is C14H21BrClN. The molecule has 0 aromatic heterocycles.